The number of Topliss-reactive ketones (excluding diaryl/α,β-unsaturated/α-hetero) is 1. The number of ether oxygens (including phenoxy) is 2. The molecule has 3 rings (SSSR count). The summed E-state index contributed by atoms with van der Waals surface area (Å²) in [6, 6.07) is 14.0. The molecule has 0 radical (unpaired) electrons. The molecule has 1 aliphatic carbocycles. The van der Waals surface area contributed by atoms with E-state index in [9.17, 15) is 14.4 Å². The monoisotopic (exact) mass is 404 g/mol. The highest BCUT2D eigenvalue weighted by molar-refractivity contribution is 6.14. The lowest BCUT2D eigenvalue weighted by molar-refractivity contribution is -0.113. The second-order valence-corrected chi connectivity index (χ2v) is 7.41. The number of benzene rings is 2. The molecular formula is C25H24O5. The molecule has 0 aliphatic heterocycles. The van der Waals surface area contributed by atoms with Crippen molar-refractivity contribution in [3.63, 3.8) is 0 Å². The van der Waals surface area contributed by atoms with Gasteiger partial charge in [0, 0.05) is 11.1 Å². The highest BCUT2D eigenvalue weighted by Crippen LogP contribution is 2.32. The van der Waals surface area contributed by atoms with Gasteiger partial charge >= 0.3 is 11.9 Å². The molecule has 154 valence electrons. The lowest BCUT2D eigenvalue weighted by atomic mass is 9.80. The smallest absolute Gasteiger partial charge is 0.337 e. The molecule has 1 fully saturated rings. The number of rotatable bonds is 4. The summed E-state index contributed by atoms with van der Waals surface area (Å²) in [7, 11) is 2.69. The SMILES string of the molecule is COC(=O)c1ccc(/C=C2/CC(C)C/C(=C/c3ccc(C(=O)OC)cc3)C2=O)cc1. The van der Waals surface area contributed by atoms with Crippen molar-refractivity contribution >= 4 is 29.9 Å². The Kier molecular flexibility index (Phi) is 6.62. The van der Waals surface area contributed by atoms with Gasteiger partial charge in [-0.15, -0.1) is 0 Å². The van der Waals surface area contributed by atoms with Crippen molar-refractivity contribution < 1.29 is 23.9 Å². The van der Waals surface area contributed by atoms with Gasteiger partial charge in [-0.3, -0.25) is 4.79 Å². The van der Waals surface area contributed by atoms with E-state index in [-0.39, 0.29) is 17.7 Å². The molecule has 0 amide bonds. The van der Waals surface area contributed by atoms with E-state index in [0.717, 1.165) is 22.3 Å². The van der Waals surface area contributed by atoms with Gasteiger partial charge in [-0.1, -0.05) is 31.2 Å². The fourth-order valence-electron chi connectivity index (χ4n) is 3.53. The molecule has 0 heterocycles. The van der Waals surface area contributed by atoms with Crippen molar-refractivity contribution in [3.05, 3.63) is 81.9 Å². The van der Waals surface area contributed by atoms with Gasteiger partial charge in [0.2, 0.25) is 0 Å². The predicted octanol–water partition coefficient (Wildman–Crippen LogP) is 4.73. The van der Waals surface area contributed by atoms with Crippen LogP contribution in [0.1, 0.15) is 51.6 Å². The van der Waals surface area contributed by atoms with Crippen molar-refractivity contribution in [2.24, 2.45) is 5.92 Å². The Morgan fingerprint density at radius 2 is 1.13 bits per heavy atom. The highest BCUT2D eigenvalue weighted by Gasteiger charge is 2.25. The number of carbonyl (C=O) groups is 3. The average molecular weight is 404 g/mol. The molecule has 2 aromatic carbocycles. The fourth-order valence-corrected chi connectivity index (χ4v) is 3.53. The Morgan fingerprint density at radius 3 is 1.47 bits per heavy atom. The third-order valence-corrected chi connectivity index (χ3v) is 5.07. The summed E-state index contributed by atoms with van der Waals surface area (Å²) >= 11 is 0. The molecule has 0 aromatic heterocycles. The second kappa shape index (κ2) is 9.35. The molecule has 5 heteroatoms. The van der Waals surface area contributed by atoms with Crippen molar-refractivity contribution in [2.75, 3.05) is 14.2 Å². The fraction of sp³-hybridized carbons (Fsp3) is 0.240. The summed E-state index contributed by atoms with van der Waals surface area (Å²) in [6.45, 7) is 2.12. The van der Waals surface area contributed by atoms with E-state index in [1.807, 2.05) is 12.2 Å². The lowest BCUT2D eigenvalue weighted by Gasteiger charge is -2.22. The van der Waals surface area contributed by atoms with E-state index >= 15 is 0 Å². The van der Waals surface area contributed by atoms with Crippen LogP contribution in [0.3, 0.4) is 0 Å². The second-order valence-electron chi connectivity index (χ2n) is 7.41. The van der Waals surface area contributed by atoms with Crippen LogP contribution in [0.5, 0.6) is 0 Å². The summed E-state index contributed by atoms with van der Waals surface area (Å²) in [5, 5.41) is 0. The van der Waals surface area contributed by atoms with E-state index in [0.29, 0.717) is 29.9 Å². The van der Waals surface area contributed by atoms with Crippen molar-refractivity contribution in [2.45, 2.75) is 19.8 Å². The molecule has 0 N–H and O–H groups in total. The molecular weight excluding hydrogens is 380 g/mol. The summed E-state index contributed by atoms with van der Waals surface area (Å²) < 4.78 is 9.43. The molecule has 0 saturated heterocycles. The zero-order valence-electron chi connectivity index (χ0n) is 17.3. The van der Waals surface area contributed by atoms with Gasteiger partial charge in [-0.2, -0.15) is 0 Å². The molecule has 1 saturated carbocycles. The van der Waals surface area contributed by atoms with Gasteiger partial charge < -0.3 is 9.47 Å². The first-order valence-electron chi connectivity index (χ1n) is 9.74. The summed E-state index contributed by atoms with van der Waals surface area (Å²) in [6.07, 6.45) is 5.17. The number of carbonyl (C=O) groups excluding carboxylic acids is 3. The van der Waals surface area contributed by atoms with Gasteiger partial charge in [0.25, 0.3) is 0 Å². The van der Waals surface area contributed by atoms with Gasteiger partial charge in [0.15, 0.2) is 5.78 Å². The summed E-state index contributed by atoms with van der Waals surface area (Å²) in [4.78, 5) is 36.2. The third-order valence-electron chi connectivity index (χ3n) is 5.07. The average Bonchev–Trinajstić information content (AvgIpc) is 2.76. The Morgan fingerprint density at radius 1 is 0.767 bits per heavy atom. The van der Waals surface area contributed by atoms with Crippen LogP contribution in [0.15, 0.2) is 59.7 Å². The maximum atomic E-state index is 13.0. The Balaban J connectivity index is 1.84. The van der Waals surface area contributed by atoms with Crippen LogP contribution in [-0.4, -0.2) is 31.9 Å². The van der Waals surface area contributed by atoms with E-state index < -0.39 is 0 Å². The van der Waals surface area contributed by atoms with Crippen molar-refractivity contribution in [1.82, 2.24) is 0 Å². The number of ketones is 1. The van der Waals surface area contributed by atoms with Crippen LogP contribution in [0, 0.1) is 5.92 Å². The lowest BCUT2D eigenvalue weighted by Crippen LogP contribution is -2.18. The quantitative estimate of drug-likeness (QED) is 0.544. The number of allylic oxidation sites excluding steroid dienone is 2. The zero-order valence-corrected chi connectivity index (χ0v) is 17.3. The van der Waals surface area contributed by atoms with Crippen LogP contribution in [0.2, 0.25) is 0 Å². The van der Waals surface area contributed by atoms with Gasteiger partial charge in [0.05, 0.1) is 25.3 Å². The maximum Gasteiger partial charge on any atom is 0.337 e. The van der Waals surface area contributed by atoms with Gasteiger partial charge in [0.1, 0.15) is 0 Å². The van der Waals surface area contributed by atoms with E-state index in [1.54, 1.807) is 48.5 Å². The van der Waals surface area contributed by atoms with Gasteiger partial charge in [-0.25, -0.2) is 9.59 Å². The molecule has 0 unspecified atom stereocenters. The molecule has 0 atom stereocenters. The van der Waals surface area contributed by atoms with E-state index in [4.69, 9.17) is 9.47 Å². The molecule has 5 nitrogen and oxygen atoms in total. The minimum Gasteiger partial charge on any atom is -0.465 e. The molecule has 0 bridgehead atoms. The normalized spacial score (nSPS) is 19.0. The number of esters is 2. The first kappa shape index (κ1) is 21.2. The maximum absolute atomic E-state index is 13.0. The molecule has 0 spiro atoms. The Hall–Kier alpha value is -3.47. The Bertz CT molecular complexity index is 929. The molecule has 1 aliphatic rings. The molecule has 2 aromatic rings. The third kappa shape index (κ3) is 4.92. The number of methoxy groups -OCH3 is 2. The van der Waals surface area contributed by atoms with Crippen molar-refractivity contribution in [1.29, 1.82) is 0 Å². The first-order valence-corrected chi connectivity index (χ1v) is 9.74. The first-order chi connectivity index (χ1) is 14.4. The largest absolute Gasteiger partial charge is 0.465 e. The van der Waals surface area contributed by atoms with E-state index in [2.05, 4.69) is 6.92 Å². The van der Waals surface area contributed by atoms with Crippen LogP contribution in [0.4, 0.5) is 0 Å². The summed E-state index contributed by atoms with van der Waals surface area (Å²) in [5.74, 6) is -0.411. The molecule has 30 heavy (non-hydrogen) atoms. The standard InChI is InChI=1S/C25H24O5/c1-16-12-21(14-17-4-8-19(9-5-17)24(27)29-2)23(26)22(13-16)15-18-6-10-20(11-7-18)25(28)30-3/h4-11,14-16H,12-13H2,1-3H3/b21-14-,22-15-. The number of hydrogen-bond acceptors (Lipinski definition) is 5. The van der Waals surface area contributed by atoms with Crippen molar-refractivity contribution in [3.8, 4) is 0 Å². The van der Waals surface area contributed by atoms with Gasteiger partial charge in [-0.05, 0) is 66.3 Å². The minimum atomic E-state index is -0.389. The predicted molar refractivity (Wildman–Crippen MR) is 115 cm³/mol. The van der Waals surface area contributed by atoms with E-state index in [1.165, 1.54) is 14.2 Å². The zero-order chi connectivity index (χ0) is 21.7. The number of hydrogen-bond donors (Lipinski definition) is 0. The topological polar surface area (TPSA) is 69.7 Å². The Labute approximate surface area is 176 Å². The summed E-state index contributed by atoms with van der Waals surface area (Å²) in [5.41, 5.74) is 4.16. The van der Waals surface area contributed by atoms with Crippen LogP contribution < -0.4 is 0 Å². The minimum absolute atomic E-state index is 0.0298. The van der Waals surface area contributed by atoms with Crippen LogP contribution >= 0.6 is 0 Å². The van der Waals surface area contributed by atoms with Crippen LogP contribution in [-0.2, 0) is 14.3 Å². The van der Waals surface area contributed by atoms with Crippen LogP contribution in [0.25, 0.3) is 12.2 Å². The highest BCUT2D eigenvalue weighted by atomic mass is 16.5.